The first-order valence-corrected chi connectivity index (χ1v) is 15.2. The van der Waals surface area contributed by atoms with Crippen LogP contribution in [0, 0.1) is 39.5 Å². The van der Waals surface area contributed by atoms with Crippen LogP contribution < -0.4 is 15.4 Å². The molecule has 4 aromatic rings. The van der Waals surface area contributed by atoms with Crippen molar-refractivity contribution in [1.82, 2.24) is 0 Å². The van der Waals surface area contributed by atoms with Crippen molar-refractivity contribution in [3.63, 3.8) is 0 Å². The van der Waals surface area contributed by atoms with Crippen molar-refractivity contribution in [2.45, 2.75) is 59.2 Å². The topological polar surface area (TPSA) is 105 Å². The van der Waals surface area contributed by atoms with Crippen LogP contribution >= 0.6 is 0 Å². The molecule has 2 amide bonds. The molecule has 0 aliphatic heterocycles. The maximum atomic E-state index is 14.2. The number of hydrogen-bond donors (Lipinski definition) is 3. The SMILES string of the molecule is Cc1ccc(C)c(NC(=O)C2C(=O)CC(C)(O)C(C(=O)Nc3cc(C)ccc3C)C2c2cccc(OCc3ccccc3)c2)c1. The Balaban J connectivity index is 1.56. The van der Waals surface area contributed by atoms with Crippen LogP contribution in [0.4, 0.5) is 11.4 Å². The summed E-state index contributed by atoms with van der Waals surface area (Å²) in [7, 11) is 0. The number of aryl methyl sites for hydroxylation is 4. The van der Waals surface area contributed by atoms with E-state index in [1.54, 1.807) is 24.3 Å². The number of carbonyl (C=O) groups is 3. The van der Waals surface area contributed by atoms with Gasteiger partial charge in [-0.3, -0.25) is 14.4 Å². The fourth-order valence-corrected chi connectivity index (χ4v) is 6.21. The Morgan fingerprint density at radius 2 is 1.40 bits per heavy atom. The highest BCUT2D eigenvalue weighted by atomic mass is 16.5. The number of hydrogen-bond acceptors (Lipinski definition) is 5. The van der Waals surface area contributed by atoms with Crippen LogP contribution in [0.2, 0.25) is 0 Å². The van der Waals surface area contributed by atoms with Gasteiger partial charge >= 0.3 is 0 Å². The first-order valence-electron chi connectivity index (χ1n) is 15.2. The van der Waals surface area contributed by atoms with E-state index in [0.29, 0.717) is 29.3 Å². The van der Waals surface area contributed by atoms with E-state index >= 15 is 0 Å². The van der Waals surface area contributed by atoms with Gasteiger partial charge in [0.05, 0.1) is 11.5 Å². The molecule has 3 N–H and O–H groups in total. The Kier molecular flexibility index (Phi) is 9.21. The van der Waals surface area contributed by atoms with Crippen molar-refractivity contribution in [3.8, 4) is 5.75 Å². The van der Waals surface area contributed by atoms with E-state index in [4.69, 9.17) is 4.74 Å². The van der Waals surface area contributed by atoms with Crippen LogP contribution in [0.5, 0.6) is 5.75 Å². The lowest BCUT2D eigenvalue weighted by atomic mass is 9.61. The van der Waals surface area contributed by atoms with E-state index < -0.39 is 41.0 Å². The summed E-state index contributed by atoms with van der Waals surface area (Å²) < 4.78 is 6.09. The van der Waals surface area contributed by atoms with Gasteiger partial charge in [-0.05, 0) is 92.3 Å². The number of amides is 2. The number of carbonyl (C=O) groups excluding carboxylic acids is 3. The summed E-state index contributed by atoms with van der Waals surface area (Å²) in [4.78, 5) is 42.1. The number of rotatable bonds is 8. The second-order valence-electron chi connectivity index (χ2n) is 12.4. The number of benzene rings is 4. The standard InChI is InChI=1S/C38H40N2O5/c1-23-14-16-25(3)30(18-23)39-36(42)34-32(41)21-38(5,44)35(37(43)40-31-19-24(2)15-17-26(31)4)33(34)28-12-9-13-29(20-28)45-22-27-10-7-6-8-11-27/h6-20,33-35,44H,21-22H2,1-5H3,(H,39,42)(H,40,43). The van der Waals surface area contributed by atoms with Crippen molar-refractivity contribution in [1.29, 1.82) is 0 Å². The van der Waals surface area contributed by atoms with Gasteiger partial charge in [0.15, 0.2) is 0 Å². The third kappa shape index (κ3) is 7.15. The van der Waals surface area contributed by atoms with Crippen LogP contribution in [0.3, 0.4) is 0 Å². The molecular formula is C38H40N2O5. The first-order chi connectivity index (χ1) is 21.4. The van der Waals surface area contributed by atoms with E-state index in [2.05, 4.69) is 10.6 Å². The molecule has 0 spiro atoms. The van der Waals surface area contributed by atoms with Gasteiger partial charge in [-0.1, -0.05) is 66.7 Å². The van der Waals surface area contributed by atoms with Gasteiger partial charge in [-0.25, -0.2) is 0 Å². The highest BCUT2D eigenvalue weighted by molar-refractivity contribution is 6.10. The normalized spacial score (nSPS) is 21.2. The number of nitrogens with one attached hydrogen (secondary N) is 2. The predicted octanol–water partition coefficient (Wildman–Crippen LogP) is 6.82. The Morgan fingerprint density at radius 3 is 2.02 bits per heavy atom. The van der Waals surface area contributed by atoms with E-state index in [0.717, 1.165) is 27.8 Å². The molecule has 232 valence electrons. The molecular weight excluding hydrogens is 564 g/mol. The molecule has 7 nitrogen and oxygen atoms in total. The van der Waals surface area contributed by atoms with Crippen LogP contribution in [0.25, 0.3) is 0 Å². The van der Waals surface area contributed by atoms with Crippen molar-refractivity contribution in [3.05, 3.63) is 124 Å². The van der Waals surface area contributed by atoms with Gasteiger partial charge in [0, 0.05) is 23.7 Å². The number of ether oxygens (including phenoxy) is 1. The smallest absolute Gasteiger partial charge is 0.235 e. The molecule has 0 bridgehead atoms. The van der Waals surface area contributed by atoms with Crippen molar-refractivity contribution >= 4 is 29.0 Å². The summed E-state index contributed by atoms with van der Waals surface area (Å²) in [5, 5.41) is 17.7. The van der Waals surface area contributed by atoms with Gasteiger partial charge in [-0.15, -0.1) is 0 Å². The van der Waals surface area contributed by atoms with Crippen molar-refractivity contribution in [2.75, 3.05) is 10.6 Å². The first kappa shape index (κ1) is 31.7. The fraction of sp³-hybridized carbons (Fsp3) is 0.289. The molecule has 4 atom stereocenters. The summed E-state index contributed by atoms with van der Waals surface area (Å²) in [6.07, 6.45) is -0.344. The lowest BCUT2D eigenvalue weighted by molar-refractivity contribution is -0.150. The molecule has 0 aromatic heterocycles. The molecule has 1 aliphatic carbocycles. The Morgan fingerprint density at radius 1 is 0.800 bits per heavy atom. The van der Waals surface area contributed by atoms with Gasteiger partial charge in [-0.2, -0.15) is 0 Å². The van der Waals surface area contributed by atoms with Crippen LogP contribution in [0.1, 0.15) is 52.6 Å². The molecule has 0 saturated heterocycles. The molecule has 45 heavy (non-hydrogen) atoms. The van der Waals surface area contributed by atoms with Crippen LogP contribution in [0.15, 0.2) is 91.0 Å². The van der Waals surface area contributed by atoms with Crippen molar-refractivity contribution in [2.24, 2.45) is 11.8 Å². The summed E-state index contributed by atoms with van der Waals surface area (Å²) in [5.41, 5.74) is 4.65. The molecule has 0 radical (unpaired) electrons. The number of Topliss-reactive ketones (excluding diaryl/α,β-unsaturated/α-hetero) is 1. The van der Waals surface area contributed by atoms with E-state index in [1.807, 2.05) is 94.4 Å². The average Bonchev–Trinajstić information content (AvgIpc) is 2.99. The minimum absolute atomic E-state index is 0.318. The highest BCUT2D eigenvalue weighted by Gasteiger charge is 2.56. The van der Waals surface area contributed by atoms with Gasteiger partial charge in [0.25, 0.3) is 0 Å². The second kappa shape index (κ2) is 13.1. The molecule has 1 aliphatic rings. The summed E-state index contributed by atoms with van der Waals surface area (Å²) >= 11 is 0. The predicted molar refractivity (Wildman–Crippen MR) is 176 cm³/mol. The minimum Gasteiger partial charge on any atom is -0.489 e. The number of anilines is 2. The molecule has 1 saturated carbocycles. The molecule has 4 unspecified atom stereocenters. The zero-order valence-electron chi connectivity index (χ0n) is 26.4. The third-order valence-electron chi connectivity index (χ3n) is 8.63. The molecule has 5 rings (SSSR count). The molecule has 7 heteroatoms. The van der Waals surface area contributed by atoms with Gasteiger partial charge in [0.1, 0.15) is 24.1 Å². The number of aliphatic hydroxyl groups is 1. The summed E-state index contributed by atoms with van der Waals surface area (Å²) in [5.74, 6) is -4.23. The Bertz CT molecular complexity index is 1730. The molecule has 1 fully saturated rings. The maximum Gasteiger partial charge on any atom is 0.235 e. The lowest BCUT2D eigenvalue weighted by Crippen LogP contribution is -2.56. The van der Waals surface area contributed by atoms with Crippen LogP contribution in [-0.2, 0) is 21.0 Å². The quantitative estimate of drug-likeness (QED) is 0.192. The highest BCUT2D eigenvalue weighted by Crippen LogP contribution is 2.47. The Hall–Kier alpha value is -4.75. The minimum atomic E-state index is -1.72. The molecule has 4 aromatic carbocycles. The third-order valence-corrected chi connectivity index (χ3v) is 8.63. The zero-order chi connectivity index (χ0) is 32.3. The van der Waals surface area contributed by atoms with Crippen molar-refractivity contribution < 1.29 is 24.2 Å². The lowest BCUT2D eigenvalue weighted by Gasteiger charge is -2.44. The van der Waals surface area contributed by atoms with Crippen LogP contribution in [-0.4, -0.2) is 28.3 Å². The number of ketones is 1. The monoisotopic (exact) mass is 604 g/mol. The van der Waals surface area contributed by atoms with E-state index in [1.165, 1.54) is 6.92 Å². The van der Waals surface area contributed by atoms with E-state index in [-0.39, 0.29) is 6.42 Å². The fourth-order valence-electron chi connectivity index (χ4n) is 6.21. The van der Waals surface area contributed by atoms with Gasteiger partial charge in [0.2, 0.25) is 11.8 Å². The average molecular weight is 605 g/mol. The van der Waals surface area contributed by atoms with E-state index in [9.17, 15) is 19.5 Å². The zero-order valence-corrected chi connectivity index (χ0v) is 26.4. The van der Waals surface area contributed by atoms with Gasteiger partial charge < -0.3 is 20.5 Å². The maximum absolute atomic E-state index is 14.2. The Labute approximate surface area is 264 Å². The summed E-state index contributed by atoms with van der Waals surface area (Å²) in [6, 6.07) is 28.3. The largest absolute Gasteiger partial charge is 0.489 e. The molecule has 0 heterocycles. The second-order valence-corrected chi connectivity index (χ2v) is 12.4. The summed E-state index contributed by atoms with van der Waals surface area (Å²) in [6.45, 7) is 9.45.